The zero-order chi connectivity index (χ0) is 57.1. The van der Waals surface area contributed by atoms with Crippen LogP contribution in [0.2, 0.25) is 0 Å². The van der Waals surface area contributed by atoms with Gasteiger partial charge in [-0.2, -0.15) is 0 Å². The lowest BCUT2D eigenvalue weighted by Gasteiger charge is -2.33. The molecule has 12 aromatic rings. The molecule has 0 atom stereocenters. The first-order valence-corrected chi connectivity index (χ1v) is 30.8. The maximum Gasteiger partial charge on any atom is 0.0546 e. The molecule has 0 heterocycles. The molecule has 0 saturated carbocycles. The van der Waals surface area contributed by atoms with Crippen LogP contribution in [0.25, 0.3) is 76.1 Å². The minimum atomic E-state index is 0.975. The van der Waals surface area contributed by atoms with Crippen molar-refractivity contribution in [3.63, 3.8) is 0 Å². The number of rotatable bonds is 16. The Morgan fingerprint density at radius 2 is 0.573 bits per heavy atom. The second-order valence-electron chi connectivity index (χ2n) is 23.2. The first-order valence-electron chi connectivity index (χ1n) is 30.8. The van der Waals surface area contributed by atoms with Crippen molar-refractivity contribution in [1.29, 1.82) is 0 Å². The second kappa shape index (κ2) is 22.3. The number of aryl methyl sites for hydroxylation is 8. The van der Waals surface area contributed by atoms with Crippen LogP contribution in [0.4, 0.5) is 34.1 Å². The van der Waals surface area contributed by atoms with Crippen molar-refractivity contribution in [1.82, 2.24) is 0 Å². The van der Waals surface area contributed by atoms with E-state index in [-0.39, 0.29) is 0 Å². The molecule has 0 amide bonds. The molecule has 0 saturated heterocycles. The van der Waals surface area contributed by atoms with Crippen molar-refractivity contribution < 1.29 is 0 Å². The van der Waals surface area contributed by atoms with Gasteiger partial charge in [0.05, 0.1) is 11.4 Å². The monoisotopic (exact) mass is 1070 g/mol. The molecule has 0 aliphatic heterocycles. The Hall–Kier alpha value is -8.20. The van der Waals surface area contributed by atoms with Gasteiger partial charge >= 0.3 is 0 Å². The summed E-state index contributed by atoms with van der Waals surface area (Å²) in [7, 11) is 0. The Balaban J connectivity index is 1.29. The van der Waals surface area contributed by atoms with Crippen molar-refractivity contribution in [3.8, 4) is 22.3 Å². The van der Waals surface area contributed by atoms with E-state index in [4.69, 9.17) is 0 Å². The molecular formula is C80H80N2. The standard InChI is InChI=1S/C80H80N2/c1-13-53-43-65(44-54(14-2)69(53)19-7)81(63-37-49(9)67(17-5)50(10)38-63)77-47-75(61-31-29-57-25-21-23-27-59(57)41-61)71-34-36-74-78(48-76(72-33-35-73(77)79(71)80(72)74)62-32-30-58-26-22-24-28-60(58)42-62)82(64-39-51(11)68(18-6)52(12)40-64)66-45-55(15-3)70(20-8)56(16-4)46-66/h21-48H,13-20H2,1-12H3. The maximum atomic E-state index is 2.64. The number of nitrogens with zero attached hydrogens (tertiary/aromatic N) is 2. The Morgan fingerprint density at radius 1 is 0.268 bits per heavy atom. The summed E-state index contributed by atoms with van der Waals surface area (Å²) in [5.41, 5.74) is 29.0. The molecule has 2 heteroatoms. The van der Waals surface area contributed by atoms with Crippen molar-refractivity contribution >= 4 is 88.0 Å². The Labute approximate surface area is 488 Å². The van der Waals surface area contributed by atoms with Crippen LogP contribution in [0, 0.1) is 27.7 Å². The first-order chi connectivity index (χ1) is 39.9. The van der Waals surface area contributed by atoms with Crippen molar-refractivity contribution in [2.24, 2.45) is 0 Å². The quantitative estimate of drug-likeness (QED) is 0.0890. The molecule has 0 radical (unpaired) electrons. The molecule has 0 aliphatic rings. The minimum Gasteiger partial charge on any atom is -0.310 e. The zero-order valence-electron chi connectivity index (χ0n) is 50.7. The van der Waals surface area contributed by atoms with Crippen LogP contribution in [0.15, 0.2) is 170 Å². The summed E-state index contributed by atoms with van der Waals surface area (Å²) in [4.78, 5) is 5.28. The van der Waals surface area contributed by atoms with Crippen molar-refractivity contribution in [2.45, 2.75) is 134 Å². The largest absolute Gasteiger partial charge is 0.310 e. The third-order valence-electron chi connectivity index (χ3n) is 18.6. The highest BCUT2D eigenvalue weighted by molar-refractivity contribution is 6.32. The first kappa shape index (κ1) is 54.4. The predicted molar refractivity (Wildman–Crippen MR) is 359 cm³/mol. The lowest BCUT2D eigenvalue weighted by atomic mass is 9.84. The SMILES string of the molecule is CCc1cc(N(c2cc(C)c(CC)c(C)c2)c2cc(-c3ccc4ccccc4c3)c3ccc4c(N(c5cc(C)c(CC)c(C)c5)c5cc(CC)c(CC)c(CC)c5)cc(-c5ccc6ccccc6c5)c5ccc2c3c54)cc(CC)c1CC. The van der Waals surface area contributed by atoms with Gasteiger partial charge in [-0.05, 0) is 273 Å². The molecule has 2 nitrogen and oxygen atoms in total. The number of fused-ring (bicyclic) bond motifs is 2. The predicted octanol–water partition coefficient (Wildman–Crippen LogP) is 22.9. The third kappa shape index (κ3) is 9.20. The van der Waals surface area contributed by atoms with Gasteiger partial charge in [0.25, 0.3) is 0 Å². The van der Waals surface area contributed by atoms with E-state index in [0.29, 0.717) is 0 Å². The van der Waals surface area contributed by atoms with Gasteiger partial charge in [-0.15, -0.1) is 0 Å². The molecule has 410 valence electrons. The topological polar surface area (TPSA) is 6.48 Å². The van der Waals surface area contributed by atoms with Crippen LogP contribution < -0.4 is 9.80 Å². The van der Waals surface area contributed by atoms with Gasteiger partial charge in [0.2, 0.25) is 0 Å². The van der Waals surface area contributed by atoms with Gasteiger partial charge in [-0.25, -0.2) is 0 Å². The number of hydrogen-bond acceptors (Lipinski definition) is 2. The Kier molecular flexibility index (Phi) is 14.8. The Bertz CT molecular complexity index is 4050. The highest BCUT2D eigenvalue weighted by Gasteiger charge is 2.28. The summed E-state index contributed by atoms with van der Waals surface area (Å²) < 4.78 is 0. The average Bonchev–Trinajstić information content (AvgIpc) is 1.29. The molecule has 0 aliphatic carbocycles. The molecule has 0 N–H and O–H groups in total. The van der Waals surface area contributed by atoms with Gasteiger partial charge in [0, 0.05) is 44.3 Å². The molecule has 0 bridgehead atoms. The molecule has 0 spiro atoms. The van der Waals surface area contributed by atoms with Gasteiger partial charge in [-0.3, -0.25) is 0 Å². The van der Waals surface area contributed by atoms with Crippen LogP contribution in [0.1, 0.15) is 122 Å². The van der Waals surface area contributed by atoms with Crippen LogP contribution in [-0.2, 0) is 51.4 Å². The van der Waals surface area contributed by atoms with E-state index in [9.17, 15) is 0 Å². The number of hydrogen-bond donors (Lipinski definition) is 0. The van der Waals surface area contributed by atoms with E-state index in [1.54, 1.807) is 0 Å². The summed E-state index contributed by atoms with van der Waals surface area (Å²) in [6.45, 7) is 27.8. The number of benzene rings is 12. The highest BCUT2D eigenvalue weighted by atomic mass is 15.2. The average molecular weight is 1070 g/mol. The van der Waals surface area contributed by atoms with E-state index in [0.717, 1.165) is 51.4 Å². The molecule has 82 heavy (non-hydrogen) atoms. The summed E-state index contributed by atoms with van der Waals surface area (Å²) in [5, 5.41) is 12.5. The van der Waals surface area contributed by atoms with E-state index < -0.39 is 0 Å². The number of anilines is 6. The van der Waals surface area contributed by atoms with Crippen LogP contribution in [-0.4, -0.2) is 0 Å². The zero-order valence-corrected chi connectivity index (χ0v) is 50.7. The van der Waals surface area contributed by atoms with Crippen LogP contribution >= 0.6 is 0 Å². The smallest absolute Gasteiger partial charge is 0.0546 e. The van der Waals surface area contributed by atoms with Gasteiger partial charge in [-0.1, -0.05) is 152 Å². The molecule has 0 fully saturated rings. The molecule has 0 unspecified atom stereocenters. The molecule has 12 aromatic carbocycles. The van der Waals surface area contributed by atoms with Gasteiger partial charge < -0.3 is 9.80 Å². The lowest BCUT2D eigenvalue weighted by Crippen LogP contribution is -2.15. The fourth-order valence-corrected chi connectivity index (χ4v) is 14.7. The van der Waals surface area contributed by atoms with Crippen LogP contribution in [0.3, 0.4) is 0 Å². The highest BCUT2D eigenvalue weighted by Crippen LogP contribution is 2.53. The second-order valence-corrected chi connectivity index (χ2v) is 23.2. The fraction of sp³-hybridized carbons (Fsp3) is 0.250. The molecule has 12 rings (SSSR count). The van der Waals surface area contributed by atoms with Crippen LogP contribution in [0.5, 0.6) is 0 Å². The van der Waals surface area contributed by atoms with Gasteiger partial charge in [0.15, 0.2) is 0 Å². The summed E-state index contributed by atoms with van der Waals surface area (Å²) in [6, 6.07) is 66.8. The van der Waals surface area contributed by atoms with Gasteiger partial charge in [0.1, 0.15) is 0 Å². The summed E-state index contributed by atoms with van der Waals surface area (Å²) >= 11 is 0. The third-order valence-corrected chi connectivity index (χ3v) is 18.6. The van der Waals surface area contributed by atoms with E-state index >= 15 is 0 Å². The minimum absolute atomic E-state index is 0.975. The van der Waals surface area contributed by atoms with E-state index in [1.165, 1.54) is 177 Å². The van der Waals surface area contributed by atoms with E-state index in [2.05, 4.69) is 263 Å². The van der Waals surface area contributed by atoms with Crippen molar-refractivity contribution in [2.75, 3.05) is 9.80 Å². The fourth-order valence-electron chi connectivity index (χ4n) is 14.7. The lowest BCUT2D eigenvalue weighted by molar-refractivity contribution is 0.978. The Morgan fingerprint density at radius 3 is 0.890 bits per heavy atom. The normalized spacial score (nSPS) is 11.8. The van der Waals surface area contributed by atoms with Crippen molar-refractivity contribution in [3.05, 3.63) is 237 Å². The molecule has 0 aromatic heterocycles. The maximum absolute atomic E-state index is 2.64. The molecular weight excluding hydrogens is 989 g/mol. The summed E-state index contributed by atoms with van der Waals surface area (Å²) in [5.74, 6) is 0. The van der Waals surface area contributed by atoms with E-state index in [1.807, 2.05) is 0 Å². The summed E-state index contributed by atoms with van der Waals surface area (Å²) in [6.07, 6.45) is 7.93.